The molecule has 0 radical (unpaired) electrons. The van der Waals surface area contributed by atoms with E-state index >= 15 is 0 Å². The first kappa shape index (κ1) is 17.2. The summed E-state index contributed by atoms with van der Waals surface area (Å²) in [5.74, 6) is 0.532. The van der Waals surface area contributed by atoms with E-state index in [0.717, 1.165) is 29.4 Å². The molecule has 0 aromatic heterocycles. The van der Waals surface area contributed by atoms with Gasteiger partial charge in [-0.3, -0.25) is 0 Å². The fourth-order valence-electron chi connectivity index (χ4n) is 1.97. The lowest BCUT2D eigenvalue weighted by Crippen LogP contribution is -2.30. The lowest BCUT2D eigenvalue weighted by atomic mass is 10.1. The Labute approximate surface area is 146 Å². The number of halogens is 1. The standard InChI is InChI=1S/C17H19ClN4S/c1-12(19)21-15-6-8-16(9-7-15)22-17(23)20-11-10-13-2-4-14(18)5-3-13/h2-9H,10-11H2,1H3,(H2,19,21)(H2,20,22,23). The van der Waals surface area contributed by atoms with Crippen molar-refractivity contribution >= 4 is 46.1 Å². The minimum absolute atomic E-state index is 0.532. The lowest BCUT2D eigenvalue weighted by molar-refractivity contribution is 0.873. The highest BCUT2D eigenvalue weighted by Crippen LogP contribution is 2.16. The van der Waals surface area contributed by atoms with Gasteiger partial charge in [0.25, 0.3) is 0 Å². The average Bonchev–Trinajstić information content (AvgIpc) is 2.51. The maximum absolute atomic E-state index is 5.86. The Balaban J connectivity index is 1.78. The number of hydrogen-bond donors (Lipinski definition) is 3. The molecule has 0 heterocycles. The number of thiocarbonyl (C=S) groups is 1. The van der Waals surface area contributed by atoms with Crippen LogP contribution < -0.4 is 16.4 Å². The van der Waals surface area contributed by atoms with Crippen molar-refractivity contribution in [2.24, 2.45) is 10.7 Å². The molecular weight excluding hydrogens is 328 g/mol. The summed E-state index contributed by atoms with van der Waals surface area (Å²) < 4.78 is 0. The minimum Gasteiger partial charge on any atom is -0.387 e. The highest BCUT2D eigenvalue weighted by molar-refractivity contribution is 7.80. The molecule has 4 N–H and O–H groups in total. The molecule has 0 bridgehead atoms. The molecule has 0 aliphatic rings. The van der Waals surface area contributed by atoms with Crippen molar-refractivity contribution in [1.82, 2.24) is 5.32 Å². The molecule has 0 atom stereocenters. The highest BCUT2D eigenvalue weighted by atomic mass is 35.5. The summed E-state index contributed by atoms with van der Waals surface area (Å²) in [4.78, 5) is 4.18. The topological polar surface area (TPSA) is 62.4 Å². The van der Waals surface area contributed by atoms with Crippen molar-refractivity contribution in [3.63, 3.8) is 0 Å². The van der Waals surface area contributed by atoms with Crippen LogP contribution in [0.4, 0.5) is 11.4 Å². The summed E-state index contributed by atoms with van der Waals surface area (Å²) in [6.45, 7) is 2.51. The predicted molar refractivity (Wildman–Crippen MR) is 103 cm³/mol. The van der Waals surface area contributed by atoms with Crippen LogP contribution in [0, 0.1) is 0 Å². The molecule has 0 saturated heterocycles. The van der Waals surface area contributed by atoms with Gasteiger partial charge >= 0.3 is 0 Å². The quantitative estimate of drug-likeness (QED) is 0.437. The summed E-state index contributed by atoms with van der Waals surface area (Å²) >= 11 is 11.1. The van der Waals surface area contributed by atoms with Gasteiger partial charge in [0, 0.05) is 17.3 Å². The minimum atomic E-state index is 0.532. The maximum atomic E-state index is 5.86. The zero-order valence-electron chi connectivity index (χ0n) is 12.8. The van der Waals surface area contributed by atoms with Gasteiger partial charge in [0.15, 0.2) is 5.11 Å². The number of nitrogens with one attached hydrogen (secondary N) is 2. The molecule has 2 rings (SSSR count). The third-order valence-corrected chi connectivity index (χ3v) is 3.54. The number of nitrogens with two attached hydrogens (primary N) is 1. The van der Waals surface area contributed by atoms with E-state index in [2.05, 4.69) is 15.6 Å². The molecule has 0 amide bonds. The summed E-state index contributed by atoms with van der Waals surface area (Å²) in [6, 6.07) is 15.4. The van der Waals surface area contributed by atoms with E-state index < -0.39 is 0 Å². The largest absolute Gasteiger partial charge is 0.387 e. The van der Waals surface area contributed by atoms with Gasteiger partial charge in [-0.05, 0) is 67.5 Å². The van der Waals surface area contributed by atoms with Gasteiger partial charge in [0.1, 0.15) is 0 Å². The third kappa shape index (κ3) is 6.26. The Morgan fingerprint density at radius 3 is 2.39 bits per heavy atom. The molecule has 0 aliphatic heterocycles. The van der Waals surface area contributed by atoms with Crippen LogP contribution in [-0.4, -0.2) is 17.5 Å². The molecule has 2 aromatic rings. The maximum Gasteiger partial charge on any atom is 0.170 e. The van der Waals surface area contributed by atoms with E-state index in [-0.39, 0.29) is 0 Å². The first-order chi connectivity index (χ1) is 11.0. The van der Waals surface area contributed by atoms with Crippen LogP contribution in [0.1, 0.15) is 12.5 Å². The summed E-state index contributed by atoms with van der Waals surface area (Å²) in [6.07, 6.45) is 0.877. The first-order valence-electron chi connectivity index (χ1n) is 7.23. The zero-order valence-corrected chi connectivity index (χ0v) is 14.4. The number of hydrogen-bond acceptors (Lipinski definition) is 2. The van der Waals surface area contributed by atoms with E-state index in [9.17, 15) is 0 Å². The molecule has 23 heavy (non-hydrogen) atoms. The molecule has 4 nitrogen and oxygen atoms in total. The van der Waals surface area contributed by atoms with Crippen LogP contribution in [0.25, 0.3) is 0 Å². The van der Waals surface area contributed by atoms with Gasteiger partial charge in [-0.15, -0.1) is 0 Å². The predicted octanol–water partition coefficient (Wildman–Crippen LogP) is 3.88. The molecule has 0 unspecified atom stereocenters. The Bertz CT molecular complexity index is 677. The Morgan fingerprint density at radius 1 is 1.13 bits per heavy atom. The van der Waals surface area contributed by atoms with E-state index in [1.54, 1.807) is 6.92 Å². The highest BCUT2D eigenvalue weighted by Gasteiger charge is 1.99. The van der Waals surface area contributed by atoms with Crippen molar-refractivity contribution in [1.29, 1.82) is 0 Å². The van der Waals surface area contributed by atoms with E-state index in [4.69, 9.17) is 29.6 Å². The Morgan fingerprint density at radius 2 is 1.78 bits per heavy atom. The molecule has 0 spiro atoms. The van der Waals surface area contributed by atoms with Gasteiger partial charge in [-0.25, -0.2) is 4.99 Å². The SMILES string of the molecule is CC(N)=Nc1ccc(NC(=S)NCCc2ccc(Cl)cc2)cc1. The molecule has 0 aliphatic carbocycles. The molecule has 0 fully saturated rings. The van der Waals surface area contributed by atoms with Gasteiger partial charge in [0.2, 0.25) is 0 Å². The van der Waals surface area contributed by atoms with Crippen LogP contribution in [0.3, 0.4) is 0 Å². The van der Waals surface area contributed by atoms with Crippen molar-refractivity contribution in [3.05, 3.63) is 59.1 Å². The average molecular weight is 347 g/mol. The number of rotatable bonds is 5. The number of benzene rings is 2. The normalized spacial score (nSPS) is 11.1. The monoisotopic (exact) mass is 346 g/mol. The Kier molecular flexibility index (Phi) is 6.38. The van der Waals surface area contributed by atoms with Crippen molar-refractivity contribution < 1.29 is 0 Å². The second-order valence-electron chi connectivity index (χ2n) is 5.06. The summed E-state index contributed by atoms with van der Waals surface area (Å²) in [7, 11) is 0. The van der Waals surface area contributed by atoms with Gasteiger partial charge in [0.05, 0.1) is 11.5 Å². The summed E-state index contributed by atoms with van der Waals surface area (Å²) in [5, 5.41) is 7.65. The van der Waals surface area contributed by atoms with Gasteiger partial charge in [-0.2, -0.15) is 0 Å². The molecular formula is C17H19ClN4S. The van der Waals surface area contributed by atoms with Gasteiger partial charge < -0.3 is 16.4 Å². The number of anilines is 1. The second kappa shape index (κ2) is 8.50. The molecule has 120 valence electrons. The molecule has 2 aromatic carbocycles. The van der Waals surface area contributed by atoms with Gasteiger partial charge in [-0.1, -0.05) is 23.7 Å². The van der Waals surface area contributed by atoms with Crippen LogP contribution in [0.5, 0.6) is 0 Å². The van der Waals surface area contributed by atoms with E-state index in [1.807, 2.05) is 48.5 Å². The molecule has 6 heteroatoms. The smallest absolute Gasteiger partial charge is 0.170 e. The third-order valence-electron chi connectivity index (χ3n) is 3.04. The second-order valence-corrected chi connectivity index (χ2v) is 5.90. The lowest BCUT2D eigenvalue weighted by Gasteiger charge is -2.10. The van der Waals surface area contributed by atoms with Crippen LogP contribution >= 0.6 is 23.8 Å². The number of aliphatic imine (C=N–C) groups is 1. The van der Waals surface area contributed by atoms with Crippen molar-refractivity contribution in [3.8, 4) is 0 Å². The fourth-order valence-corrected chi connectivity index (χ4v) is 2.32. The summed E-state index contributed by atoms with van der Waals surface area (Å²) in [5.41, 5.74) is 8.48. The van der Waals surface area contributed by atoms with Crippen LogP contribution in [-0.2, 0) is 6.42 Å². The van der Waals surface area contributed by atoms with Crippen molar-refractivity contribution in [2.75, 3.05) is 11.9 Å². The van der Waals surface area contributed by atoms with Crippen LogP contribution in [0.15, 0.2) is 53.5 Å². The zero-order chi connectivity index (χ0) is 16.7. The van der Waals surface area contributed by atoms with Crippen molar-refractivity contribution in [2.45, 2.75) is 13.3 Å². The van der Waals surface area contributed by atoms with Crippen LogP contribution in [0.2, 0.25) is 5.02 Å². The van der Waals surface area contributed by atoms with E-state index in [1.165, 1.54) is 5.56 Å². The Hall–Kier alpha value is -2.11. The first-order valence-corrected chi connectivity index (χ1v) is 8.02. The fraction of sp³-hybridized carbons (Fsp3) is 0.176. The van der Waals surface area contributed by atoms with E-state index in [0.29, 0.717) is 10.9 Å². The number of amidine groups is 1. The number of nitrogens with zero attached hydrogens (tertiary/aromatic N) is 1. The molecule has 0 saturated carbocycles.